The van der Waals surface area contributed by atoms with Crippen LogP contribution in [0.3, 0.4) is 0 Å². The molecule has 0 aromatic heterocycles. The van der Waals surface area contributed by atoms with Crippen LogP contribution in [0.4, 0.5) is 0 Å². The van der Waals surface area contributed by atoms with Crippen LogP contribution in [0, 0.1) is 0 Å². The van der Waals surface area contributed by atoms with Crippen molar-refractivity contribution < 1.29 is 4.74 Å². The first-order valence-electron chi connectivity index (χ1n) is 5.47. The van der Waals surface area contributed by atoms with Crippen LogP contribution in [0.5, 0.6) is 0 Å². The summed E-state index contributed by atoms with van der Waals surface area (Å²) in [5, 5.41) is 0. The van der Waals surface area contributed by atoms with Crippen molar-refractivity contribution in [3.05, 3.63) is 0 Å². The van der Waals surface area contributed by atoms with Crippen molar-refractivity contribution >= 4 is 0 Å². The number of hydrogen-bond acceptors (Lipinski definition) is 2. The van der Waals surface area contributed by atoms with E-state index < -0.39 is 0 Å². The highest BCUT2D eigenvalue weighted by molar-refractivity contribution is 4.69. The molecule has 0 aliphatic carbocycles. The highest BCUT2D eigenvalue weighted by atomic mass is 16.5. The predicted molar refractivity (Wildman–Crippen MR) is 56.0 cm³/mol. The van der Waals surface area contributed by atoms with Gasteiger partial charge in [0.05, 0.1) is 6.10 Å². The first kappa shape index (κ1) is 11.0. The highest BCUT2D eigenvalue weighted by Crippen LogP contribution is 2.16. The van der Waals surface area contributed by atoms with Crippen molar-refractivity contribution in [3.8, 4) is 0 Å². The molecule has 0 spiro atoms. The molecule has 78 valence electrons. The fraction of sp³-hybridized carbons (Fsp3) is 1.00. The lowest BCUT2D eigenvalue weighted by atomic mass is 10.1. The molecule has 1 heterocycles. The second-order valence-electron chi connectivity index (χ2n) is 4.26. The first-order chi connectivity index (χ1) is 6.24. The molecule has 0 bridgehead atoms. The Morgan fingerprint density at radius 2 is 1.85 bits per heavy atom. The van der Waals surface area contributed by atoms with Gasteiger partial charge in [-0.25, -0.2) is 0 Å². The van der Waals surface area contributed by atoms with E-state index in [1.165, 1.54) is 38.6 Å². The average Bonchev–Trinajstić information content (AvgIpc) is 2.20. The van der Waals surface area contributed by atoms with Crippen molar-refractivity contribution in [3.63, 3.8) is 0 Å². The zero-order chi connectivity index (χ0) is 9.68. The largest absolute Gasteiger partial charge is 0.381 e. The van der Waals surface area contributed by atoms with Crippen LogP contribution in [0.15, 0.2) is 0 Å². The quantitative estimate of drug-likeness (QED) is 0.621. The van der Waals surface area contributed by atoms with Crippen LogP contribution in [-0.4, -0.2) is 37.7 Å². The van der Waals surface area contributed by atoms with E-state index in [9.17, 15) is 0 Å². The highest BCUT2D eigenvalue weighted by Gasteiger charge is 2.15. The van der Waals surface area contributed by atoms with Crippen molar-refractivity contribution in [2.24, 2.45) is 0 Å². The molecule has 1 rings (SSSR count). The van der Waals surface area contributed by atoms with Gasteiger partial charge in [-0.15, -0.1) is 0 Å². The number of rotatable bonds is 1. The maximum Gasteiger partial charge on any atom is 0.0571 e. The zero-order valence-electron chi connectivity index (χ0n) is 9.25. The SMILES string of the molecule is COC1CCCC(C)N(C)CCC1. The Morgan fingerprint density at radius 3 is 2.54 bits per heavy atom. The summed E-state index contributed by atoms with van der Waals surface area (Å²) in [6.07, 6.45) is 6.89. The molecule has 2 nitrogen and oxygen atoms in total. The van der Waals surface area contributed by atoms with Gasteiger partial charge in [0.1, 0.15) is 0 Å². The third kappa shape index (κ3) is 3.65. The number of methoxy groups -OCH3 is 1. The van der Waals surface area contributed by atoms with Crippen LogP contribution in [0.1, 0.15) is 39.0 Å². The van der Waals surface area contributed by atoms with E-state index in [2.05, 4.69) is 18.9 Å². The maximum absolute atomic E-state index is 5.43. The van der Waals surface area contributed by atoms with Gasteiger partial charge in [0.15, 0.2) is 0 Å². The molecule has 1 aliphatic rings. The summed E-state index contributed by atoms with van der Waals surface area (Å²) >= 11 is 0. The molecule has 2 heteroatoms. The third-order valence-corrected chi connectivity index (χ3v) is 3.27. The Morgan fingerprint density at radius 1 is 1.15 bits per heavy atom. The summed E-state index contributed by atoms with van der Waals surface area (Å²) in [6, 6.07) is 0.746. The normalized spacial score (nSPS) is 33.5. The van der Waals surface area contributed by atoms with Gasteiger partial charge in [0, 0.05) is 13.2 Å². The summed E-state index contributed by atoms with van der Waals surface area (Å²) in [5.74, 6) is 0. The fourth-order valence-corrected chi connectivity index (χ4v) is 2.03. The van der Waals surface area contributed by atoms with Gasteiger partial charge < -0.3 is 9.64 Å². The smallest absolute Gasteiger partial charge is 0.0571 e. The van der Waals surface area contributed by atoms with Crippen molar-refractivity contribution in [2.45, 2.75) is 51.2 Å². The molecular formula is C11H23NO. The summed E-state index contributed by atoms with van der Waals surface area (Å²) in [6.45, 7) is 3.55. The van der Waals surface area contributed by atoms with Crippen LogP contribution in [-0.2, 0) is 4.74 Å². The second kappa shape index (κ2) is 5.61. The molecule has 2 atom stereocenters. The number of hydrogen-bond donors (Lipinski definition) is 0. The van der Waals surface area contributed by atoms with E-state index in [4.69, 9.17) is 4.74 Å². The summed E-state index contributed by atoms with van der Waals surface area (Å²) in [5.41, 5.74) is 0. The lowest BCUT2D eigenvalue weighted by Gasteiger charge is -2.23. The Labute approximate surface area is 82.3 Å². The molecule has 0 amide bonds. The Bertz CT molecular complexity index is 124. The maximum atomic E-state index is 5.43. The Hall–Kier alpha value is -0.0800. The van der Waals surface area contributed by atoms with Crippen LogP contribution in [0.25, 0.3) is 0 Å². The van der Waals surface area contributed by atoms with Crippen LogP contribution < -0.4 is 0 Å². The van der Waals surface area contributed by atoms with Gasteiger partial charge in [0.25, 0.3) is 0 Å². The molecule has 0 N–H and O–H groups in total. The first-order valence-corrected chi connectivity index (χ1v) is 5.47. The van der Waals surface area contributed by atoms with Crippen molar-refractivity contribution in [1.29, 1.82) is 0 Å². The number of nitrogens with zero attached hydrogens (tertiary/aromatic N) is 1. The molecule has 0 saturated carbocycles. The molecular weight excluding hydrogens is 162 g/mol. The minimum atomic E-state index is 0.513. The second-order valence-corrected chi connectivity index (χ2v) is 4.26. The minimum absolute atomic E-state index is 0.513. The third-order valence-electron chi connectivity index (χ3n) is 3.27. The molecule has 0 radical (unpaired) electrons. The molecule has 1 saturated heterocycles. The zero-order valence-corrected chi connectivity index (χ0v) is 9.25. The lowest BCUT2D eigenvalue weighted by Crippen LogP contribution is -2.29. The van der Waals surface area contributed by atoms with Gasteiger partial charge in [-0.05, 0) is 52.6 Å². The van der Waals surface area contributed by atoms with E-state index in [0.29, 0.717) is 6.10 Å². The van der Waals surface area contributed by atoms with E-state index in [0.717, 1.165) is 6.04 Å². The Balaban J connectivity index is 2.37. The number of ether oxygens (including phenoxy) is 1. The van der Waals surface area contributed by atoms with Gasteiger partial charge in [-0.2, -0.15) is 0 Å². The van der Waals surface area contributed by atoms with E-state index >= 15 is 0 Å². The standard InChI is InChI=1S/C11H23NO/c1-10-6-4-7-11(13-3)8-5-9-12(10)2/h10-11H,4-9H2,1-3H3. The van der Waals surface area contributed by atoms with Crippen LogP contribution in [0.2, 0.25) is 0 Å². The summed E-state index contributed by atoms with van der Waals surface area (Å²) in [7, 11) is 4.08. The van der Waals surface area contributed by atoms with E-state index in [1.807, 2.05) is 7.11 Å². The van der Waals surface area contributed by atoms with Gasteiger partial charge in [0.2, 0.25) is 0 Å². The molecule has 1 fully saturated rings. The summed E-state index contributed by atoms with van der Waals surface area (Å²) in [4.78, 5) is 2.47. The molecule has 0 aromatic carbocycles. The topological polar surface area (TPSA) is 12.5 Å². The minimum Gasteiger partial charge on any atom is -0.381 e. The van der Waals surface area contributed by atoms with Gasteiger partial charge in [-0.1, -0.05) is 0 Å². The van der Waals surface area contributed by atoms with Crippen LogP contribution >= 0.6 is 0 Å². The molecule has 1 aliphatic heterocycles. The Kier molecular flexibility index (Phi) is 4.74. The fourth-order valence-electron chi connectivity index (χ4n) is 2.03. The van der Waals surface area contributed by atoms with Crippen molar-refractivity contribution in [1.82, 2.24) is 4.90 Å². The van der Waals surface area contributed by atoms with Gasteiger partial charge >= 0.3 is 0 Å². The average molecular weight is 185 g/mol. The molecule has 2 unspecified atom stereocenters. The van der Waals surface area contributed by atoms with Crippen molar-refractivity contribution in [2.75, 3.05) is 20.7 Å². The monoisotopic (exact) mass is 185 g/mol. The summed E-state index contributed by atoms with van der Waals surface area (Å²) < 4.78 is 5.43. The molecule has 0 aromatic rings. The lowest BCUT2D eigenvalue weighted by molar-refractivity contribution is 0.0852. The molecule has 13 heavy (non-hydrogen) atoms. The van der Waals surface area contributed by atoms with E-state index in [-0.39, 0.29) is 0 Å². The van der Waals surface area contributed by atoms with Gasteiger partial charge in [-0.3, -0.25) is 0 Å². The predicted octanol–water partition coefficient (Wildman–Crippen LogP) is 2.29. The van der Waals surface area contributed by atoms with E-state index in [1.54, 1.807) is 0 Å².